The van der Waals surface area contributed by atoms with Crippen LogP contribution in [0.3, 0.4) is 0 Å². The Morgan fingerprint density at radius 2 is 2.37 bits per heavy atom. The summed E-state index contributed by atoms with van der Waals surface area (Å²) in [6.07, 6.45) is 4.68. The van der Waals surface area contributed by atoms with E-state index in [1.54, 1.807) is 10.9 Å². The first-order valence-electron chi connectivity index (χ1n) is 6.82. The molecule has 6 nitrogen and oxygen atoms in total. The summed E-state index contributed by atoms with van der Waals surface area (Å²) in [7, 11) is 1.86. The van der Waals surface area contributed by atoms with Crippen LogP contribution in [0.15, 0.2) is 12.4 Å². The van der Waals surface area contributed by atoms with E-state index in [0.717, 1.165) is 38.2 Å². The largest absolute Gasteiger partial charge is 0.465 e. The van der Waals surface area contributed by atoms with E-state index >= 15 is 0 Å². The van der Waals surface area contributed by atoms with Crippen molar-refractivity contribution in [2.45, 2.75) is 19.4 Å². The topological polar surface area (TPSA) is 59.4 Å². The van der Waals surface area contributed by atoms with Crippen LogP contribution in [0.25, 0.3) is 0 Å². The van der Waals surface area contributed by atoms with Crippen molar-refractivity contribution in [1.82, 2.24) is 20.0 Å². The fourth-order valence-electron chi connectivity index (χ4n) is 2.42. The van der Waals surface area contributed by atoms with E-state index in [1.807, 2.05) is 20.2 Å². The molecule has 19 heavy (non-hydrogen) atoms. The Morgan fingerprint density at radius 1 is 1.53 bits per heavy atom. The van der Waals surface area contributed by atoms with Gasteiger partial charge >= 0.3 is 5.97 Å². The Labute approximate surface area is 113 Å². The molecule has 0 aromatic carbocycles. The molecule has 1 saturated heterocycles. The highest BCUT2D eigenvalue weighted by atomic mass is 16.5. The third-order valence-electron chi connectivity index (χ3n) is 3.29. The average Bonchev–Trinajstić information content (AvgIpc) is 2.65. The van der Waals surface area contributed by atoms with Crippen LogP contribution in [0, 0.1) is 0 Å². The van der Waals surface area contributed by atoms with Gasteiger partial charge in [0.05, 0.1) is 12.8 Å². The average molecular weight is 266 g/mol. The monoisotopic (exact) mass is 266 g/mol. The van der Waals surface area contributed by atoms with E-state index in [0.29, 0.717) is 6.61 Å². The van der Waals surface area contributed by atoms with Gasteiger partial charge < -0.3 is 10.1 Å². The Hall–Kier alpha value is -1.40. The van der Waals surface area contributed by atoms with E-state index in [4.69, 9.17) is 4.74 Å². The summed E-state index contributed by atoms with van der Waals surface area (Å²) in [6, 6.07) is -0.339. The Bertz CT molecular complexity index is 411. The highest BCUT2D eigenvalue weighted by Gasteiger charge is 2.30. The van der Waals surface area contributed by atoms with Crippen LogP contribution < -0.4 is 5.32 Å². The van der Waals surface area contributed by atoms with Gasteiger partial charge in [0.1, 0.15) is 6.04 Å². The molecule has 0 bridgehead atoms. The second-order valence-electron chi connectivity index (χ2n) is 4.74. The molecule has 0 aliphatic carbocycles. The van der Waals surface area contributed by atoms with Crippen molar-refractivity contribution in [3.8, 4) is 0 Å². The molecule has 2 heterocycles. The standard InChI is InChI=1S/C13H22N4O2/c1-3-19-13(18)12(11-9-15-16(2)10-11)17-7-4-5-14-6-8-17/h9-10,12,14H,3-8H2,1-2H3. The fourth-order valence-corrected chi connectivity index (χ4v) is 2.42. The van der Waals surface area contributed by atoms with Crippen LogP contribution in [0.1, 0.15) is 24.9 Å². The normalized spacial score (nSPS) is 18.8. The maximum atomic E-state index is 12.2. The Balaban J connectivity index is 2.19. The Morgan fingerprint density at radius 3 is 3.05 bits per heavy atom. The third kappa shape index (κ3) is 3.54. The van der Waals surface area contributed by atoms with E-state index in [1.165, 1.54) is 0 Å². The van der Waals surface area contributed by atoms with Gasteiger partial charge in [0, 0.05) is 38.4 Å². The summed E-state index contributed by atoms with van der Waals surface area (Å²) in [6.45, 7) is 5.88. The molecule has 2 rings (SSSR count). The van der Waals surface area contributed by atoms with Crippen molar-refractivity contribution in [3.05, 3.63) is 18.0 Å². The molecule has 1 fully saturated rings. The van der Waals surface area contributed by atoms with Gasteiger partial charge in [-0.15, -0.1) is 0 Å². The second-order valence-corrected chi connectivity index (χ2v) is 4.74. The third-order valence-corrected chi connectivity index (χ3v) is 3.29. The molecule has 1 N–H and O–H groups in total. The van der Waals surface area contributed by atoms with Gasteiger partial charge in [-0.25, -0.2) is 4.79 Å². The molecule has 1 aliphatic heterocycles. The summed E-state index contributed by atoms with van der Waals surface area (Å²) in [5, 5.41) is 7.51. The smallest absolute Gasteiger partial charge is 0.328 e. The van der Waals surface area contributed by atoms with E-state index in [9.17, 15) is 4.79 Å². The zero-order valence-electron chi connectivity index (χ0n) is 11.6. The minimum absolute atomic E-state index is 0.183. The molecule has 1 aromatic rings. The predicted octanol–water partition coefficient (Wildman–Crippen LogP) is 0.320. The van der Waals surface area contributed by atoms with Gasteiger partial charge in [0.2, 0.25) is 0 Å². The zero-order chi connectivity index (χ0) is 13.7. The molecule has 0 radical (unpaired) electrons. The maximum Gasteiger partial charge on any atom is 0.328 e. The van der Waals surface area contributed by atoms with Gasteiger partial charge in [-0.2, -0.15) is 5.10 Å². The van der Waals surface area contributed by atoms with Crippen LogP contribution in [0.5, 0.6) is 0 Å². The molecule has 1 unspecified atom stereocenters. The number of ether oxygens (including phenoxy) is 1. The van der Waals surface area contributed by atoms with Crippen LogP contribution in [-0.4, -0.2) is 53.4 Å². The maximum absolute atomic E-state index is 12.2. The molecule has 0 amide bonds. The van der Waals surface area contributed by atoms with Crippen molar-refractivity contribution >= 4 is 5.97 Å². The first-order chi connectivity index (χ1) is 9.22. The lowest BCUT2D eigenvalue weighted by Gasteiger charge is -2.27. The number of hydrogen-bond donors (Lipinski definition) is 1. The highest BCUT2D eigenvalue weighted by molar-refractivity contribution is 5.77. The van der Waals surface area contributed by atoms with Crippen molar-refractivity contribution in [2.24, 2.45) is 7.05 Å². The number of nitrogens with zero attached hydrogens (tertiary/aromatic N) is 3. The lowest BCUT2D eigenvalue weighted by atomic mass is 10.1. The summed E-state index contributed by atoms with van der Waals surface area (Å²) in [4.78, 5) is 14.4. The first kappa shape index (κ1) is 14.0. The molecular formula is C13H22N4O2. The number of carbonyl (C=O) groups excluding carboxylic acids is 1. The summed E-state index contributed by atoms with van der Waals surface area (Å²) >= 11 is 0. The van der Waals surface area contributed by atoms with Gasteiger partial charge in [-0.05, 0) is 19.9 Å². The lowest BCUT2D eigenvalue weighted by molar-refractivity contribution is -0.149. The Kier molecular flexibility index (Phi) is 4.93. The van der Waals surface area contributed by atoms with Crippen LogP contribution >= 0.6 is 0 Å². The van der Waals surface area contributed by atoms with Crippen molar-refractivity contribution < 1.29 is 9.53 Å². The highest BCUT2D eigenvalue weighted by Crippen LogP contribution is 2.22. The number of esters is 1. The number of aryl methyl sites for hydroxylation is 1. The number of nitrogens with one attached hydrogen (secondary N) is 1. The molecule has 106 valence electrons. The number of rotatable bonds is 4. The number of carbonyl (C=O) groups is 1. The fraction of sp³-hybridized carbons (Fsp3) is 0.692. The van der Waals surface area contributed by atoms with Crippen molar-refractivity contribution in [2.75, 3.05) is 32.8 Å². The van der Waals surface area contributed by atoms with E-state index < -0.39 is 0 Å². The molecular weight excluding hydrogens is 244 g/mol. The molecule has 1 atom stereocenters. The van der Waals surface area contributed by atoms with Gasteiger partial charge in [0.15, 0.2) is 0 Å². The molecule has 1 aliphatic rings. The number of aromatic nitrogens is 2. The van der Waals surface area contributed by atoms with Crippen LogP contribution in [0.4, 0.5) is 0 Å². The molecule has 6 heteroatoms. The minimum Gasteiger partial charge on any atom is -0.465 e. The molecule has 0 spiro atoms. The van der Waals surface area contributed by atoms with Gasteiger partial charge in [0.25, 0.3) is 0 Å². The van der Waals surface area contributed by atoms with Gasteiger partial charge in [-0.1, -0.05) is 0 Å². The van der Waals surface area contributed by atoms with E-state index in [2.05, 4.69) is 15.3 Å². The summed E-state index contributed by atoms with van der Waals surface area (Å²) in [5.41, 5.74) is 0.905. The van der Waals surface area contributed by atoms with E-state index in [-0.39, 0.29) is 12.0 Å². The second kappa shape index (κ2) is 6.68. The minimum atomic E-state index is -0.339. The van der Waals surface area contributed by atoms with Crippen molar-refractivity contribution in [1.29, 1.82) is 0 Å². The zero-order valence-corrected chi connectivity index (χ0v) is 11.6. The predicted molar refractivity (Wildman–Crippen MR) is 71.6 cm³/mol. The molecule has 0 saturated carbocycles. The first-order valence-corrected chi connectivity index (χ1v) is 6.82. The van der Waals surface area contributed by atoms with Gasteiger partial charge in [-0.3, -0.25) is 9.58 Å². The number of hydrogen-bond acceptors (Lipinski definition) is 5. The molecule has 1 aromatic heterocycles. The van der Waals surface area contributed by atoms with Crippen LogP contribution in [-0.2, 0) is 16.6 Å². The SMILES string of the molecule is CCOC(=O)C(c1cnn(C)c1)N1CCCNCC1. The van der Waals surface area contributed by atoms with Crippen molar-refractivity contribution in [3.63, 3.8) is 0 Å². The lowest BCUT2D eigenvalue weighted by Crippen LogP contribution is -2.37. The summed E-state index contributed by atoms with van der Waals surface area (Å²) < 4.78 is 6.94. The quantitative estimate of drug-likeness (QED) is 0.795. The van der Waals surface area contributed by atoms with Crippen LogP contribution in [0.2, 0.25) is 0 Å². The summed E-state index contributed by atoms with van der Waals surface area (Å²) in [5.74, 6) is -0.183.